The maximum Gasteiger partial charge on any atom is 0.169 e. The number of hydrogen-bond acceptors (Lipinski definition) is 3. The monoisotopic (exact) mass is 195 g/mol. The van der Waals surface area contributed by atoms with Crippen LogP contribution in [0.2, 0.25) is 0 Å². The average molecular weight is 195 g/mol. The van der Waals surface area contributed by atoms with E-state index in [-0.39, 0.29) is 5.78 Å². The molecule has 0 saturated carbocycles. The van der Waals surface area contributed by atoms with Crippen molar-refractivity contribution in [2.24, 2.45) is 5.11 Å². The molecule has 0 bridgehead atoms. The van der Waals surface area contributed by atoms with Crippen molar-refractivity contribution in [3.8, 4) is 0 Å². The Kier molecular flexibility index (Phi) is 3.06. The van der Waals surface area contributed by atoms with Gasteiger partial charge >= 0.3 is 0 Å². The molecule has 4 nitrogen and oxygen atoms in total. The van der Waals surface area contributed by atoms with Gasteiger partial charge in [-0.05, 0) is 31.0 Å². The summed E-state index contributed by atoms with van der Waals surface area (Å²) in [6.45, 7) is 3.77. The molecule has 0 atom stereocenters. The predicted molar refractivity (Wildman–Crippen MR) is 51.9 cm³/mol. The summed E-state index contributed by atoms with van der Waals surface area (Å²) in [5.41, 5.74) is 9.15. The highest BCUT2D eigenvalue weighted by molar-refractivity contribution is 7.14. The molecule has 0 aliphatic heterocycles. The zero-order valence-electron chi connectivity index (χ0n) is 7.44. The second kappa shape index (κ2) is 4.07. The summed E-state index contributed by atoms with van der Waals surface area (Å²) in [6, 6.07) is 1.83. The predicted octanol–water partition coefficient (Wildman–Crippen LogP) is 3.07. The van der Waals surface area contributed by atoms with Gasteiger partial charge in [-0.1, -0.05) is 5.11 Å². The number of thiophene rings is 1. The van der Waals surface area contributed by atoms with Crippen LogP contribution in [0.15, 0.2) is 11.2 Å². The van der Waals surface area contributed by atoms with E-state index in [9.17, 15) is 4.79 Å². The lowest BCUT2D eigenvalue weighted by atomic mass is 10.2. The van der Waals surface area contributed by atoms with Gasteiger partial charge in [-0.3, -0.25) is 4.79 Å². The van der Waals surface area contributed by atoms with Crippen LogP contribution in [0.1, 0.15) is 27.0 Å². The Morgan fingerprint density at radius 3 is 2.92 bits per heavy atom. The fourth-order valence-electron chi connectivity index (χ4n) is 0.946. The third-order valence-electron chi connectivity index (χ3n) is 1.65. The molecule has 0 amide bonds. The van der Waals surface area contributed by atoms with E-state index in [0.29, 0.717) is 6.54 Å². The van der Waals surface area contributed by atoms with Crippen LogP contribution in [0, 0.1) is 6.92 Å². The number of Topliss-reactive ketones (excluding diaryl/α,β-unsaturated/α-hetero) is 1. The van der Waals surface area contributed by atoms with E-state index in [1.54, 1.807) is 0 Å². The van der Waals surface area contributed by atoms with Crippen molar-refractivity contribution in [1.29, 1.82) is 0 Å². The summed E-state index contributed by atoms with van der Waals surface area (Å²) in [5.74, 6) is 0.0558. The molecular formula is C8H9N3OS. The van der Waals surface area contributed by atoms with Crippen molar-refractivity contribution in [2.45, 2.75) is 20.4 Å². The van der Waals surface area contributed by atoms with Gasteiger partial charge in [-0.2, -0.15) is 0 Å². The topological polar surface area (TPSA) is 65.8 Å². The second-order valence-electron chi connectivity index (χ2n) is 2.66. The van der Waals surface area contributed by atoms with Gasteiger partial charge in [0.1, 0.15) is 0 Å². The Balaban J connectivity index is 2.95. The minimum atomic E-state index is 0.0558. The molecule has 5 heteroatoms. The molecule has 0 spiro atoms. The zero-order chi connectivity index (χ0) is 9.84. The number of carbonyl (C=O) groups excluding carboxylic acids is 1. The molecule has 0 aliphatic carbocycles. The highest BCUT2D eigenvalue weighted by atomic mass is 32.1. The zero-order valence-corrected chi connectivity index (χ0v) is 8.26. The van der Waals surface area contributed by atoms with Crippen molar-refractivity contribution in [3.05, 3.63) is 31.8 Å². The third kappa shape index (κ3) is 2.31. The van der Waals surface area contributed by atoms with Crippen LogP contribution in [0.3, 0.4) is 0 Å². The van der Waals surface area contributed by atoms with Crippen LogP contribution in [0.5, 0.6) is 0 Å². The van der Waals surface area contributed by atoms with Crippen LogP contribution in [-0.4, -0.2) is 5.78 Å². The summed E-state index contributed by atoms with van der Waals surface area (Å²) in [4.78, 5) is 15.3. The Bertz CT molecular complexity index is 377. The molecule has 0 N–H and O–H groups in total. The van der Waals surface area contributed by atoms with Crippen molar-refractivity contribution >= 4 is 17.1 Å². The highest BCUT2D eigenvalue weighted by Crippen LogP contribution is 2.22. The quantitative estimate of drug-likeness (QED) is 0.316. The molecular weight excluding hydrogens is 186 g/mol. The summed E-state index contributed by atoms with van der Waals surface area (Å²) in [5, 5.41) is 3.46. The molecule has 0 saturated heterocycles. The van der Waals surface area contributed by atoms with Gasteiger partial charge in [0.2, 0.25) is 0 Å². The lowest BCUT2D eigenvalue weighted by molar-refractivity contribution is 0.102. The molecule has 13 heavy (non-hydrogen) atoms. The second-order valence-corrected chi connectivity index (χ2v) is 3.80. The molecule has 1 heterocycles. The first-order chi connectivity index (χ1) is 6.15. The van der Waals surface area contributed by atoms with E-state index in [2.05, 4.69) is 10.0 Å². The lowest BCUT2D eigenvalue weighted by Gasteiger charge is -1.88. The summed E-state index contributed by atoms with van der Waals surface area (Å²) < 4.78 is 0. The van der Waals surface area contributed by atoms with Crippen molar-refractivity contribution in [2.75, 3.05) is 0 Å². The SMILES string of the molecule is CC(=O)c1cc(C)c(CN=[N+]=[N-])s1. The standard InChI is InChI=1S/C8H9N3OS/c1-5-3-7(6(2)12)13-8(5)4-10-11-9/h3H,4H2,1-2H3. The first kappa shape index (κ1) is 9.77. The number of rotatable bonds is 3. The molecule has 0 aliphatic rings. The largest absolute Gasteiger partial charge is 0.294 e. The van der Waals surface area contributed by atoms with E-state index < -0.39 is 0 Å². The van der Waals surface area contributed by atoms with E-state index in [1.807, 2.05) is 13.0 Å². The molecule has 1 rings (SSSR count). The first-order valence-corrected chi connectivity index (χ1v) is 4.58. The molecule has 0 unspecified atom stereocenters. The number of azide groups is 1. The maximum absolute atomic E-state index is 11.0. The van der Waals surface area contributed by atoms with Crippen LogP contribution in [0.4, 0.5) is 0 Å². The Morgan fingerprint density at radius 2 is 2.46 bits per heavy atom. The van der Waals surface area contributed by atoms with Crippen LogP contribution >= 0.6 is 11.3 Å². The first-order valence-electron chi connectivity index (χ1n) is 3.76. The van der Waals surface area contributed by atoms with Gasteiger partial charge in [-0.25, -0.2) is 0 Å². The van der Waals surface area contributed by atoms with Crippen LogP contribution in [0.25, 0.3) is 10.4 Å². The number of aryl methyl sites for hydroxylation is 1. The van der Waals surface area contributed by atoms with Crippen molar-refractivity contribution in [3.63, 3.8) is 0 Å². The molecule has 68 valence electrons. The third-order valence-corrected chi connectivity index (χ3v) is 2.97. The molecule has 0 fully saturated rings. The van der Waals surface area contributed by atoms with E-state index >= 15 is 0 Å². The number of hydrogen-bond donors (Lipinski definition) is 0. The maximum atomic E-state index is 11.0. The Morgan fingerprint density at radius 1 is 1.77 bits per heavy atom. The van der Waals surface area contributed by atoms with E-state index in [0.717, 1.165) is 15.3 Å². The van der Waals surface area contributed by atoms with Crippen LogP contribution < -0.4 is 0 Å². The number of carbonyl (C=O) groups is 1. The minimum Gasteiger partial charge on any atom is -0.294 e. The van der Waals surface area contributed by atoms with E-state index in [4.69, 9.17) is 5.53 Å². The van der Waals surface area contributed by atoms with E-state index in [1.165, 1.54) is 18.3 Å². The minimum absolute atomic E-state index is 0.0558. The number of ketones is 1. The van der Waals surface area contributed by atoms with Crippen LogP contribution in [-0.2, 0) is 6.54 Å². The normalized spacial score (nSPS) is 9.38. The molecule has 0 aromatic carbocycles. The number of nitrogens with zero attached hydrogens (tertiary/aromatic N) is 3. The van der Waals surface area contributed by atoms with Crippen molar-refractivity contribution < 1.29 is 4.79 Å². The Labute approximate surface area is 79.8 Å². The Hall–Kier alpha value is -1.32. The molecule has 1 aromatic heterocycles. The van der Waals surface area contributed by atoms with Gasteiger partial charge in [0.05, 0.1) is 11.4 Å². The van der Waals surface area contributed by atoms with Gasteiger partial charge in [0, 0.05) is 9.79 Å². The van der Waals surface area contributed by atoms with Gasteiger partial charge in [-0.15, -0.1) is 11.3 Å². The summed E-state index contributed by atoms with van der Waals surface area (Å²) in [6.07, 6.45) is 0. The fourth-order valence-corrected chi connectivity index (χ4v) is 1.93. The average Bonchev–Trinajstić information content (AvgIpc) is 2.44. The smallest absolute Gasteiger partial charge is 0.169 e. The highest BCUT2D eigenvalue weighted by Gasteiger charge is 2.07. The molecule has 1 aromatic rings. The lowest BCUT2D eigenvalue weighted by Crippen LogP contribution is -1.83. The molecule has 0 radical (unpaired) electrons. The summed E-state index contributed by atoms with van der Waals surface area (Å²) >= 11 is 1.39. The van der Waals surface area contributed by atoms with Gasteiger partial charge in [0.15, 0.2) is 5.78 Å². The fraction of sp³-hybridized carbons (Fsp3) is 0.375. The van der Waals surface area contributed by atoms with Gasteiger partial charge < -0.3 is 0 Å². The van der Waals surface area contributed by atoms with Gasteiger partial charge in [0.25, 0.3) is 0 Å². The van der Waals surface area contributed by atoms with Crippen molar-refractivity contribution in [1.82, 2.24) is 0 Å². The summed E-state index contributed by atoms with van der Waals surface area (Å²) in [7, 11) is 0.